The Morgan fingerprint density at radius 1 is 1.35 bits per heavy atom. The maximum Gasteiger partial charge on any atom is 0.0417 e. The standard InChI is InChI=1S/C13H18BrClN2/c1-9-6-17(7-10(2)16-9)8-11-3-4-12(15)5-13(11)14/h3-5,9-10,16H,6-8H2,1-2H3. The summed E-state index contributed by atoms with van der Waals surface area (Å²) in [6.07, 6.45) is 0. The average Bonchev–Trinajstić information content (AvgIpc) is 2.21. The molecule has 0 radical (unpaired) electrons. The molecule has 1 aliphatic rings. The van der Waals surface area contributed by atoms with E-state index in [-0.39, 0.29) is 0 Å². The highest BCUT2D eigenvalue weighted by Gasteiger charge is 2.21. The molecule has 0 aliphatic carbocycles. The van der Waals surface area contributed by atoms with Gasteiger partial charge in [0.15, 0.2) is 0 Å². The third-order valence-corrected chi connectivity index (χ3v) is 4.02. The van der Waals surface area contributed by atoms with Crippen LogP contribution in [-0.4, -0.2) is 30.1 Å². The highest BCUT2D eigenvalue weighted by molar-refractivity contribution is 9.10. The molecule has 1 aliphatic heterocycles. The predicted molar refractivity (Wildman–Crippen MR) is 76.5 cm³/mol. The van der Waals surface area contributed by atoms with Crippen LogP contribution in [0.2, 0.25) is 5.02 Å². The molecule has 4 heteroatoms. The van der Waals surface area contributed by atoms with Crippen LogP contribution in [0.1, 0.15) is 19.4 Å². The van der Waals surface area contributed by atoms with Crippen molar-refractivity contribution in [3.8, 4) is 0 Å². The normalized spacial score (nSPS) is 26.1. The summed E-state index contributed by atoms with van der Waals surface area (Å²) in [4.78, 5) is 2.49. The number of nitrogens with one attached hydrogen (secondary N) is 1. The molecule has 0 bridgehead atoms. The number of piperazine rings is 1. The summed E-state index contributed by atoms with van der Waals surface area (Å²) in [6.45, 7) is 7.64. The van der Waals surface area contributed by atoms with Crippen molar-refractivity contribution < 1.29 is 0 Å². The van der Waals surface area contributed by atoms with Crippen LogP contribution in [0.4, 0.5) is 0 Å². The molecule has 17 heavy (non-hydrogen) atoms. The summed E-state index contributed by atoms with van der Waals surface area (Å²) in [5, 5.41) is 4.32. The van der Waals surface area contributed by atoms with Crippen molar-refractivity contribution in [2.45, 2.75) is 32.5 Å². The molecule has 1 aromatic carbocycles. The molecule has 2 nitrogen and oxygen atoms in total. The van der Waals surface area contributed by atoms with Crippen LogP contribution in [0.25, 0.3) is 0 Å². The number of benzene rings is 1. The summed E-state index contributed by atoms with van der Waals surface area (Å²) in [6, 6.07) is 7.14. The Morgan fingerprint density at radius 3 is 2.59 bits per heavy atom. The van der Waals surface area contributed by atoms with Gasteiger partial charge in [0.1, 0.15) is 0 Å². The molecule has 94 valence electrons. The number of hydrogen-bond donors (Lipinski definition) is 1. The molecule has 1 heterocycles. The lowest BCUT2D eigenvalue weighted by Gasteiger charge is -2.36. The van der Waals surface area contributed by atoms with E-state index >= 15 is 0 Å². The van der Waals surface area contributed by atoms with Gasteiger partial charge in [0.05, 0.1) is 0 Å². The second-order valence-electron chi connectivity index (χ2n) is 4.90. The Morgan fingerprint density at radius 2 is 2.00 bits per heavy atom. The minimum Gasteiger partial charge on any atom is -0.309 e. The van der Waals surface area contributed by atoms with Gasteiger partial charge in [0, 0.05) is 41.2 Å². The van der Waals surface area contributed by atoms with Gasteiger partial charge in [-0.25, -0.2) is 0 Å². The van der Waals surface area contributed by atoms with Crippen LogP contribution in [0.5, 0.6) is 0 Å². The summed E-state index contributed by atoms with van der Waals surface area (Å²) >= 11 is 9.53. The third-order valence-electron chi connectivity index (χ3n) is 3.04. The first kappa shape index (κ1) is 13.3. The first-order valence-corrected chi connectivity index (χ1v) is 7.14. The first-order chi connectivity index (χ1) is 8.04. The van der Waals surface area contributed by atoms with Gasteiger partial charge in [-0.05, 0) is 31.5 Å². The molecule has 2 rings (SSSR count). The molecule has 1 saturated heterocycles. The summed E-state index contributed by atoms with van der Waals surface area (Å²) in [5.41, 5.74) is 1.30. The van der Waals surface area contributed by atoms with Crippen LogP contribution in [0, 0.1) is 0 Å². The van der Waals surface area contributed by atoms with Crippen LogP contribution in [0.3, 0.4) is 0 Å². The lowest BCUT2D eigenvalue weighted by atomic mass is 10.1. The van der Waals surface area contributed by atoms with Crippen molar-refractivity contribution in [2.24, 2.45) is 0 Å². The Balaban J connectivity index is 2.04. The maximum absolute atomic E-state index is 5.95. The van der Waals surface area contributed by atoms with Gasteiger partial charge in [-0.3, -0.25) is 4.90 Å². The molecule has 2 unspecified atom stereocenters. The third kappa shape index (κ3) is 3.68. The lowest BCUT2D eigenvalue weighted by molar-refractivity contribution is 0.166. The molecular weight excluding hydrogens is 300 g/mol. The van der Waals surface area contributed by atoms with Crippen molar-refractivity contribution in [3.05, 3.63) is 33.3 Å². The number of nitrogens with zero attached hydrogens (tertiary/aromatic N) is 1. The molecule has 0 spiro atoms. The number of rotatable bonds is 2. The van der Waals surface area contributed by atoms with E-state index in [0.29, 0.717) is 12.1 Å². The quantitative estimate of drug-likeness (QED) is 0.900. The summed E-state index contributed by atoms with van der Waals surface area (Å²) in [5.74, 6) is 0. The van der Waals surface area contributed by atoms with Gasteiger partial charge >= 0.3 is 0 Å². The van der Waals surface area contributed by atoms with Gasteiger partial charge in [0.25, 0.3) is 0 Å². The van der Waals surface area contributed by atoms with Gasteiger partial charge in [-0.1, -0.05) is 33.6 Å². The van der Waals surface area contributed by atoms with Crippen LogP contribution in [-0.2, 0) is 6.54 Å². The van der Waals surface area contributed by atoms with Crippen LogP contribution in [0.15, 0.2) is 22.7 Å². The van der Waals surface area contributed by atoms with Crippen molar-refractivity contribution in [1.82, 2.24) is 10.2 Å². The van der Waals surface area contributed by atoms with Gasteiger partial charge in [-0.15, -0.1) is 0 Å². The fourth-order valence-electron chi connectivity index (χ4n) is 2.46. The number of halogens is 2. The largest absolute Gasteiger partial charge is 0.309 e. The minimum absolute atomic E-state index is 0.560. The lowest BCUT2D eigenvalue weighted by Crippen LogP contribution is -2.53. The van der Waals surface area contributed by atoms with Crippen molar-refractivity contribution in [3.63, 3.8) is 0 Å². The zero-order valence-electron chi connectivity index (χ0n) is 10.2. The van der Waals surface area contributed by atoms with Crippen LogP contribution >= 0.6 is 27.5 Å². The monoisotopic (exact) mass is 316 g/mol. The fourth-order valence-corrected chi connectivity index (χ4v) is 3.27. The van der Waals surface area contributed by atoms with Gasteiger partial charge in [0.2, 0.25) is 0 Å². The van der Waals surface area contributed by atoms with E-state index in [9.17, 15) is 0 Å². The Bertz CT molecular complexity index is 387. The molecule has 1 N–H and O–H groups in total. The Hall–Kier alpha value is -0.0900. The minimum atomic E-state index is 0.560. The zero-order valence-corrected chi connectivity index (χ0v) is 12.6. The molecule has 2 atom stereocenters. The summed E-state index contributed by atoms with van der Waals surface area (Å²) < 4.78 is 1.10. The summed E-state index contributed by atoms with van der Waals surface area (Å²) in [7, 11) is 0. The van der Waals surface area contributed by atoms with E-state index in [2.05, 4.69) is 46.1 Å². The van der Waals surface area contributed by atoms with Gasteiger partial charge < -0.3 is 5.32 Å². The molecule has 0 aromatic heterocycles. The average molecular weight is 318 g/mol. The fraction of sp³-hybridized carbons (Fsp3) is 0.538. The smallest absolute Gasteiger partial charge is 0.0417 e. The van der Waals surface area contributed by atoms with Crippen molar-refractivity contribution in [1.29, 1.82) is 0 Å². The molecule has 0 saturated carbocycles. The van der Waals surface area contributed by atoms with E-state index in [0.717, 1.165) is 29.1 Å². The van der Waals surface area contributed by atoms with E-state index in [4.69, 9.17) is 11.6 Å². The second-order valence-corrected chi connectivity index (χ2v) is 6.19. The molecule has 0 amide bonds. The second kappa shape index (κ2) is 5.70. The van der Waals surface area contributed by atoms with E-state index < -0.39 is 0 Å². The predicted octanol–water partition coefficient (Wildman–Crippen LogP) is 3.28. The SMILES string of the molecule is CC1CN(Cc2ccc(Cl)cc2Br)CC(C)N1. The number of hydrogen-bond acceptors (Lipinski definition) is 2. The Labute approximate surface area is 116 Å². The zero-order chi connectivity index (χ0) is 12.4. The maximum atomic E-state index is 5.95. The molecule has 1 fully saturated rings. The Kier molecular flexibility index (Phi) is 4.47. The molecular formula is C13H18BrClN2. The van der Waals surface area contributed by atoms with Crippen molar-refractivity contribution in [2.75, 3.05) is 13.1 Å². The topological polar surface area (TPSA) is 15.3 Å². The van der Waals surface area contributed by atoms with E-state index in [1.807, 2.05) is 12.1 Å². The highest BCUT2D eigenvalue weighted by Crippen LogP contribution is 2.23. The highest BCUT2D eigenvalue weighted by atomic mass is 79.9. The van der Waals surface area contributed by atoms with Crippen molar-refractivity contribution >= 4 is 27.5 Å². The first-order valence-electron chi connectivity index (χ1n) is 5.97. The molecule has 1 aromatic rings. The van der Waals surface area contributed by atoms with Crippen LogP contribution < -0.4 is 5.32 Å². The van der Waals surface area contributed by atoms with E-state index in [1.165, 1.54) is 5.56 Å². The van der Waals surface area contributed by atoms with Gasteiger partial charge in [-0.2, -0.15) is 0 Å². The van der Waals surface area contributed by atoms with E-state index in [1.54, 1.807) is 0 Å².